The molecule has 0 aromatic rings. The van der Waals surface area contributed by atoms with E-state index in [0.29, 0.717) is 6.54 Å². The summed E-state index contributed by atoms with van der Waals surface area (Å²) >= 11 is 0. The third-order valence-corrected chi connectivity index (χ3v) is 3.68. The largest absolute Gasteiger partial charge is 0.481 e. The van der Waals surface area contributed by atoms with Gasteiger partial charge >= 0.3 is 12.1 Å². The Kier molecular flexibility index (Phi) is 5.40. The number of carbonyl (C=O) groups is 1. The number of allylic oxidation sites excluding steroid dienone is 1. The first-order valence-corrected chi connectivity index (χ1v) is 6.47. The molecule has 110 valence electrons. The van der Waals surface area contributed by atoms with E-state index < -0.39 is 24.1 Å². The molecule has 0 saturated carbocycles. The Morgan fingerprint density at radius 3 is 2.53 bits per heavy atom. The lowest BCUT2D eigenvalue weighted by molar-refractivity contribution is -0.227. The molecule has 0 aliphatic carbocycles. The Balaban J connectivity index is 2.47. The molecule has 0 aromatic carbocycles. The Bertz CT molecular complexity index is 330. The van der Waals surface area contributed by atoms with Crippen molar-refractivity contribution in [2.45, 2.75) is 38.3 Å². The molecule has 1 fully saturated rings. The van der Waals surface area contributed by atoms with Crippen LogP contribution in [0.1, 0.15) is 32.1 Å². The van der Waals surface area contributed by atoms with E-state index in [0.717, 1.165) is 25.7 Å². The maximum absolute atomic E-state index is 12.9. The topological polar surface area (TPSA) is 40.5 Å². The van der Waals surface area contributed by atoms with Crippen LogP contribution in [0.2, 0.25) is 0 Å². The van der Waals surface area contributed by atoms with Crippen molar-refractivity contribution in [1.29, 1.82) is 0 Å². The van der Waals surface area contributed by atoms with E-state index in [9.17, 15) is 18.0 Å². The molecule has 1 unspecified atom stereocenters. The number of unbranched alkanes of at least 4 members (excludes halogenated alkanes) is 3. The van der Waals surface area contributed by atoms with Crippen LogP contribution in [0.25, 0.3) is 0 Å². The van der Waals surface area contributed by atoms with E-state index in [1.165, 1.54) is 0 Å². The normalized spacial score (nSPS) is 24.6. The second-order valence-electron chi connectivity index (χ2n) is 5.05. The minimum absolute atomic E-state index is 0.202. The van der Waals surface area contributed by atoms with E-state index in [1.807, 2.05) is 6.08 Å². The first-order chi connectivity index (χ1) is 8.83. The van der Waals surface area contributed by atoms with Crippen LogP contribution < -0.4 is 0 Å². The van der Waals surface area contributed by atoms with Gasteiger partial charge in [-0.3, -0.25) is 4.79 Å². The van der Waals surface area contributed by atoms with Gasteiger partial charge in [0, 0.05) is 6.54 Å². The van der Waals surface area contributed by atoms with Gasteiger partial charge in [-0.2, -0.15) is 13.2 Å². The highest BCUT2D eigenvalue weighted by Crippen LogP contribution is 2.45. The second kappa shape index (κ2) is 6.41. The van der Waals surface area contributed by atoms with Crippen LogP contribution in [0.4, 0.5) is 13.2 Å². The number of carboxylic acids is 1. The summed E-state index contributed by atoms with van der Waals surface area (Å²) in [5, 5.41) is 8.90. The highest BCUT2D eigenvalue weighted by atomic mass is 19.4. The molecular weight excluding hydrogens is 259 g/mol. The molecule has 1 aliphatic heterocycles. The molecule has 0 bridgehead atoms. The number of carboxylic acid groups (broad SMARTS) is 1. The predicted octanol–water partition coefficient (Wildman–Crippen LogP) is 3.07. The SMILES string of the molecule is C=CCCCCCN1CCC(C(=O)O)(C(F)(F)F)C1. The van der Waals surface area contributed by atoms with Gasteiger partial charge in [-0.25, -0.2) is 0 Å². The zero-order chi connectivity index (χ0) is 14.5. The fraction of sp³-hybridized carbons (Fsp3) is 0.769. The van der Waals surface area contributed by atoms with Crippen molar-refractivity contribution in [3.8, 4) is 0 Å². The van der Waals surface area contributed by atoms with Gasteiger partial charge in [0.2, 0.25) is 0 Å². The van der Waals surface area contributed by atoms with Gasteiger partial charge in [0.05, 0.1) is 0 Å². The molecular formula is C13H20F3NO2. The van der Waals surface area contributed by atoms with E-state index in [2.05, 4.69) is 6.58 Å². The van der Waals surface area contributed by atoms with Crippen molar-refractivity contribution in [3.05, 3.63) is 12.7 Å². The summed E-state index contributed by atoms with van der Waals surface area (Å²) < 4.78 is 38.7. The molecule has 0 amide bonds. The lowest BCUT2D eigenvalue weighted by Crippen LogP contribution is -2.47. The number of halogens is 3. The van der Waals surface area contributed by atoms with Crippen molar-refractivity contribution >= 4 is 5.97 Å². The minimum Gasteiger partial charge on any atom is -0.481 e. The summed E-state index contributed by atoms with van der Waals surface area (Å²) in [6.45, 7) is 3.91. The van der Waals surface area contributed by atoms with E-state index in [1.54, 1.807) is 4.90 Å². The number of rotatable bonds is 7. The van der Waals surface area contributed by atoms with Crippen molar-refractivity contribution in [2.75, 3.05) is 19.6 Å². The van der Waals surface area contributed by atoms with Crippen LogP contribution in [0.15, 0.2) is 12.7 Å². The Morgan fingerprint density at radius 1 is 1.37 bits per heavy atom. The predicted molar refractivity (Wildman–Crippen MR) is 65.8 cm³/mol. The third kappa shape index (κ3) is 3.72. The lowest BCUT2D eigenvalue weighted by atomic mass is 9.86. The number of nitrogens with zero attached hydrogens (tertiary/aromatic N) is 1. The fourth-order valence-corrected chi connectivity index (χ4v) is 2.41. The molecule has 19 heavy (non-hydrogen) atoms. The molecule has 1 saturated heterocycles. The summed E-state index contributed by atoms with van der Waals surface area (Å²) in [4.78, 5) is 12.6. The molecule has 3 nitrogen and oxygen atoms in total. The van der Waals surface area contributed by atoms with Gasteiger partial charge in [-0.15, -0.1) is 6.58 Å². The van der Waals surface area contributed by atoms with Crippen molar-refractivity contribution in [1.82, 2.24) is 4.90 Å². The van der Waals surface area contributed by atoms with Gasteiger partial charge in [0.25, 0.3) is 0 Å². The molecule has 1 N–H and O–H groups in total. The van der Waals surface area contributed by atoms with Gasteiger partial charge in [0.1, 0.15) is 0 Å². The lowest BCUT2D eigenvalue weighted by Gasteiger charge is -2.27. The molecule has 6 heteroatoms. The summed E-state index contributed by atoms with van der Waals surface area (Å²) in [6, 6.07) is 0. The maximum atomic E-state index is 12.9. The molecule has 1 heterocycles. The zero-order valence-corrected chi connectivity index (χ0v) is 10.9. The van der Waals surface area contributed by atoms with Gasteiger partial charge < -0.3 is 10.0 Å². The number of alkyl halides is 3. The molecule has 1 atom stereocenters. The minimum atomic E-state index is -4.68. The quantitative estimate of drug-likeness (QED) is 0.575. The number of hydrogen-bond acceptors (Lipinski definition) is 2. The molecule has 1 rings (SSSR count). The molecule has 1 aliphatic rings. The Labute approximate surface area is 111 Å². The standard InChI is InChI=1S/C13H20F3NO2/c1-2-3-4-5-6-8-17-9-7-12(10-17,11(18)19)13(14,15)16/h2H,1,3-10H2,(H,18,19). The van der Waals surface area contributed by atoms with Crippen LogP contribution in [-0.2, 0) is 4.79 Å². The Hall–Kier alpha value is -1.04. The summed E-state index contributed by atoms with van der Waals surface area (Å²) in [5.41, 5.74) is -2.58. The Morgan fingerprint density at radius 2 is 2.05 bits per heavy atom. The van der Waals surface area contributed by atoms with Crippen LogP contribution in [0.5, 0.6) is 0 Å². The highest BCUT2D eigenvalue weighted by molar-refractivity contribution is 5.76. The smallest absolute Gasteiger partial charge is 0.406 e. The van der Waals surface area contributed by atoms with E-state index in [4.69, 9.17) is 5.11 Å². The van der Waals surface area contributed by atoms with Gasteiger partial charge in [-0.05, 0) is 38.8 Å². The third-order valence-electron chi connectivity index (χ3n) is 3.68. The van der Waals surface area contributed by atoms with Crippen LogP contribution in [0, 0.1) is 5.41 Å². The van der Waals surface area contributed by atoms with E-state index in [-0.39, 0.29) is 13.0 Å². The maximum Gasteiger partial charge on any atom is 0.406 e. The van der Waals surface area contributed by atoms with Crippen molar-refractivity contribution < 1.29 is 23.1 Å². The summed E-state index contributed by atoms with van der Waals surface area (Å²) in [5.74, 6) is -1.76. The average molecular weight is 279 g/mol. The number of aliphatic carboxylic acids is 1. The summed E-state index contributed by atoms with van der Waals surface area (Å²) in [7, 11) is 0. The molecule has 0 radical (unpaired) electrons. The second-order valence-corrected chi connectivity index (χ2v) is 5.05. The van der Waals surface area contributed by atoms with Crippen molar-refractivity contribution in [2.24, 2.45) is 5.41 Å². The average Bonchev–Trinajstić information content (AvgIpc) is 2.74. The van der Waals surface area contributed by atoms with Gasteiger partial charge in [0.15, 0.2) is 5.41 Å². The first-order valence-electron chi connectivity index (χ1n) is 6.47. The summed E-state index contributed by atoms with van der Waals surface area (Å²) in [6.07, 6.45) is 0.377. The zero-order valence-electron chi connectivity index (χ0n) is 10.9. The van der Waals surface area contributed by atoms with E-state index >= 15 is 0 Å². The number of likely N-dealkylation sites (tertiary alicyclic amines) is 1. The number of hydrogen-bond donors (Lipinski definition) is 1. The monoisotopic (exact) mass is 279 g/mol. The highest BCUT2D eigenvalue weighted by Gasteiger charge is 2.63. The molecule has 0 spiro atoms. The van der Waals surface area contributed by atoms with Gasteiger partial charge in [-0.1, -0.05) is 12.5 Å². The van der Waals surface area contributed by atoms with Crippen molar-refractivity contribution in [3.63, 3.8) is 0 Å². The first kappa shape index (κ1) is 16.0. The van der Waals surface area contributed by atoms with Crippen LogP contribution in [-0.4, -0.2) is 41.8 Å². The van der Waals surface area contributed by atoms with Crippen LogP contribution >= 0.6 is 0 Å². The molecule has 0 aromatic heterocycles. The van der Waals surface area contributed by atoms with Crippen LogP contribution in [0.3, 0.4) is 0 Å². The fourth-order valence-electron chi connectivity index (χ4n) is 2.41.